The van der Waals surface area contributed by atoms with E-state index in [9.17, 15) is 0 Å². The Kier molecular flexibility index (Phi) is 9.08. The van der Waals surface area contributed by atoms with Crippen LogP contribution in [0.2, 0.25) is 0 Å². The van der Waals surface area contributed by atoms with Crippen LogP contribution in [0, 0.1) is 6.92 Å². The topological polar surface area (TPSA) is 34.0 Å². The number of para-hydroxylation sites is 2. The van der Waals surface area contributed by atoms with Crippen molar-refractivity contribution < 1.29 is 0 Å². The van der Waals surface area contributed by atoms with E-state index in [1.54, 1.807) is 0 Å². The van der Waals surface area contributed by atoms with Crippen LogP contribution in [-0.4, -0.2) is 21.6 Å². The Hall–Kier alpha value is -6.69. The van der Waals surface area contributed by atoms with Gasteiger partial charge in [-0.3, -0.25) is 0 Å². The fourth-order valence-corrected chi connectivity index (χ4v) is 9.12. The number of hydrogen-bond donors (Lipinski definition) is 0. The molecule has 0 saturated carbocycles. The lowest BCUT2D eigenvalue weighted by atomic mass is 9.99. The molecule has 0 atom stereocenters. The van der Waals surface area contributed by atoms with Crippen LogP contribution < -0.4 is 4.90 Å². The molecule has 8 aromatic rings. The van der Waals surface area contributed by atoms with Gasteiger partial charge in [-0.2, -0.15) is 0 Å². The van der Waals surface area contributed by atoms with Crippen molar-refractivity contribution in [3.8, 4) is 28.2 Å². The van der Waals surface area contributed by atoms with Crippen molar-refractivity contribution in [3.63, 3.8) is 0 Å². The number of aryl methyl sites for hydroxylation is 1. The Bertz CT molecular complexity index is 2980. The SMILES string of the molecule is C=C/C=C\c1c(C)ccc2c1c1ccc(-c3ccc4c(c3)Sc3ccccc3N4C)cc1n2-c1cccc(-c2nc(C(/C=C\C)=C/C=C)c3ccccc3n2)c1. The van der Waals surface area contributed by atoms with Gasteiger partial charge in [0.05, 0.1) is 33.6 Å². The molecule has 0 spiro atoms. The summed E-state index contributed by atoms with van der Waals surface area (Å²) in [6, 6.07) is 43.6. The minimum atomic E-state index is 0.671. The van der Waals surface area contributed by atoms with Crippen molar-refractivity contribution >= 4 is 67.5 Å². The third kappa shape index (κ3) is 5.98. The van der Waals surface area contributed by atoms with Crippen LogP contribution in [0.3, 0.4) is 0 Å². The van der Waals surface area contributed by atoms with Gasteiger partial charge in [-0.1, -0.05) is 134 Å². The number of fused-ring (bicyclic) bond motifs is 6. The Balaban J connectivity index is 1.25. The molecule has 0 bridgehead atoms. The van der Waals surface area contributed by atoms with Crippen LogP contribution in [-0.2, 0) is 0 Å². The lowest BCUT2D eigenvalue weighted by Gasteiger charge is -2.29. The third-order valence-corrected chi connectivity index (χ3v) is 11.7. The summed E-state index contributed by atoms with van der Waals surface area (Å²) < 4.78 is 2.39. The molecule has 6 aromatic carbocycles. The summed E-state index contributed by atoms with van der Waals surface area (Å²) in [5.74, 6) is 0.671. The minimum absolute atomic E-state index is 0.671. The predicted octanol–water partition coefficient (Wildman–Crippen LogP) is 13.9. The maximum absolute atomic E-state index is 5.21. The zero-order valence-corrected chi connectivity index (χ0v) is 32.5. The number of hydrogen-bond acceptors (Lipinski definition) is 4. The normalized spacial score (nSPS) is 12.9. The highest BCUT2D eigenvalue weighted by Crippen LogP contribution is 2.49. The molecule has 0 unspecified atom stereocenters. The number of allylic oxidation sites excluding steroid dienone is 7. The average molecular weight is 741 g/mol. The van der Waals surface area contributed by atoms with Crippen LogP contribution in [0.5, 0.6) is 0 Å². The molecule has 1 aliphatic heterocycles. The van der Waals surface area contributed by atoms with Crippen molar-refractivity contribution in [2.75, 3.05) is 11.9 Å². The molecule has 270 valence electrons. The first-order valence-corrected chi connectivity index (χ1v) is 19.6. The zero-order chi connectivity index (χ0) is 38.3. The highest BCUT2D eigenvalue weighted by atomic mass is 32.2. The molecule has 3 heterocycles. The van der Waals surface area contributed by atoms with Gasteiger partial charge in [0.2, 0.25) is 0 Å². The Morgan fingerprint density at radius 3 is 2.36 bits per heavy atom. The average Bonchev–Trinajstić information content (AvgIpc) is 3.56. The quantitative estimate of drug-likeness (QED) is 0.145. The van der Waals surface area contributed by atoms with Gasteiger partial charge in [0.15, 0.2) is 5.82 Å². The highest BCUT2D eigenvalue weighted by molar-refractivity contribution is 7.99. The predicted molar refractivity (Wildman–Crippen MR) is 240 cm³/mol. The summed E-state index contributed by atoms with van der Waals surface area (Å²) in [4.78, 5) is 15.1. The first-order chi connectivity index (χ1) is 27.5. The molecule has 2 aromatic heterocycles. The number of nitrogens with zero attached hydrogens (tertiary/aromatic N) is 4. The lowest BCUT2D eigenvalue weighted by Crippen LogP contribution is -2.14. The lowest BCUT2D eigenvalue weighted by molar-refractivity contribution is 1.11. The number of rotatable bonds is 8. The molecular formula is C51H40N4S. The Morgan fingerprint density at radius 2 is 1.50 bits per heavy atom. The standard InChI is InChI=1S/C51H40N4S/c1-6-9-19-39-33(4)24-28-45-49(39)41-27-25-35(36-26-29-44-48(32-36)56-47-23-13-12-22-43(47)54(44)5)31-46(41)55(45)38-18-14-17-37(30-38)51-52-42-21-11-10-20-40(42)50(53-51)34(15-7-2)16-8-3/h6-32H,1-2H2,3-5H3/b16-8-,19-9-,34-15+. The van der Waals surface area contributed by atoms with Crippen molar-refractivity contribution in [2.45, 2.75) is 23.6 Å². The van der Waals surface area contributed by atoms with Crippen molar-refractivity contribution in [1.29, 1.82) is 0 Å². The first-order valence-electron chi connectivity index (χ1n) is 18.8. The summed E-state index contributed by atoms with van der Waals surface area (Å²) in [5.41, 5.74) is 14.2. The number of aromatic nitrogens is 3. The van der Waals surface area contributed by atoms with E-state index in [0.29, 0.717) is 5.82 Å². The van der Waals surface area contributed by atoms with Gasteiger partial charge in [0.1, 0.15) is 0 Å². The van der Waals surface area contributed by atoms with Crippen LogP contribution >= 0.6 is 11.8 Å². The van der Waals surface area contributed by atoms with Crippen molar-refractivity contribution in [1.82, 2.24) is 14.5 Å². The maximum atomic E-state index is 5.21. The molecule has 4 nitrogen and oxygen atoms in total. The molecule has 0 N–H and O–H groups in total. The van der Waals surface area contributed by atoms with Crippen LogP contribution in [0.25, 0.3) is 72.6 Å². The number of benzene rings is 6. The zero-order valence-electron chi connectivity index (χ0n) is 31.7. The van der Waals surface area contributed by atoms with E-state index in [1.807, 2.05) is 61.2 Å². The van der Waals surface area contributed by atoms with Gasteiger partial charge in [0.25, 0.3) is 0 Å². The molecule has 0 aliphatic carbocycles. The smallest absolute Gasteiger partial charge is 0.160 e. The molecule has 5 heteroatoms. The largest absolute Gasteiger partial charge is 0.343 e. The van der Waals surface area contributed by atoms with Crippen LogP contribution in [0.1, 0.15) is 23.7 Å². The molecule has 0 amide bonds. The second-order valence-electron chi connectivity index (χ2n) is 14.0. The van der Waals surface area contributed by atoms with Crippen molar-refractivity contribution in [3.05, 3.63) is 188 Å². The summed E-state index contributed by atoms with van der Waals surface area (Å²) in [7, 11) is 2.15. The fourth-order valence-electron chi connectivity index (χ4n) is 7.93. The fraction of sp³-hybridized carbons (Fsp3) is 0.0588. The highest BCUT2D eigenvalue weighted by Gasteiger charge is 2.22. The van der Waals surface area contributed by atoms with E-state index in [1.165, 1.54) is 48.6 Å². The van der Waals surface area contributed by atoms with E-state index < -0.39 is 0 Å². The van der Waals surface area contributed by atoms with Gasteiger partial charge < -0.3 is 9.47 Å². The van der Waals surface area contributed by atoms with E-state index in [4.69, 9.17) is 9.97 Å². The van der Waals surface area contributed by atoms with Gasteiger partial charge in [-0.15, -0.1) is 0 Å². The summed E-state index contributed by atoms with van der Waals surface area (Å²) in [6.45, 7) is 12.1. The van der Waals surface area contributed by atoms with E-state index in [0.717, 1.165) is 50.0 Å². The van der Waals surface area contributed by atoms with E-state index in [-0.39, 0.29) is 0 Å². The van der Waals surface area contributed by atoms with E-state index in [2.05, 4.69) is 158 Å². The molecule has 0 saturated heterocycles. The molecule has 1 aliphatic rings. The van der Waals surface area contributed by atoms with Crippen LogP contribution in [0.15, 0.2) is 181 Å². The Labute approximate surface area is 332 Å². The number of anilines is 2. The van der Waals surface area contributed by atoms with E-state index >= 15 is 0 Å². The molecule has 0 radical (unpaired) electrons. The van der Waals surface area contributed by atoms with Gasteiger partial charge in [-0.25, -0.2) is 9.97 Å². The summed E-state index contributed by atoms with van der Waals surface area (Å²) in [5, 5.41) is 3.40. The molecule has 0 fully saturated rings. The summed E-state index contributed by atoms with van der Waals surface area (Å²) in [6.07, 6.45) is 14.0. The summed E-state index contributed by atoms with van der Waals surface area (Å²) >= 11 is 1.84. The minimum Gasteiger partial charge on any atom is -0.343 e. The maximum Gasteiger partial charge on any atom is 0.160 e. The van der Waals surface area contributed by atoms with Crippen molar-refractivity contribution in [2.24, 2.45) is 0 Å². The van der Waals surface area contributed by atoms with Crippen LogP contribution in [0.4, 0.5) is 11.4 Å². The Morgan fingerprint density at radius 1 is 0.696 bits per heavy atom. The van der Waals surface area contributed by atoms with Gasteiger partial charge in [-0.05, 0) is 90.7 Å². The van der Waals surface area contributed by atoms with Gasteiger partial charge >= 0.3 is 0 Å². The first kappa shape index (κ1) is 35.0. The second kappa shape index (κ2) is 14.5. The monoisotopic (exact) mass is 740 g/mol. The molecule has 9 rings (SSSR count). The third-order valence-electron chi connectivity index (χ3n) is 10.6. The molecular weight excluding hydrogens is 701 g/mol. The second-order valence-corrected chi connectivity index (χ2v) is 15.1. The molecule has 56 heavy (non-hydrogen) atoms. The van der Waals surface area contributed by atoms with Gasteiger partial charge in [0, 0.05) is 49.8 Å².